The second kappa shape index (κ2) is 8.85. The van der Waals surface area contributed by atoms with Crippen molar-refractivity contribution in [2.75, 3.05) is 13.7 Å². The minimum Gasteiger partial charge on any atom is -0.465 e. The topological polar surface area (TPSA) is 116 Å². The summed E-state index contributed by atoms with van der Waals surface area (Å²) in [5.41, 5.74) is 0.190. The average molecular weight is 402 g/mol. The Morgan fingerprint density at radius 2 is 1.83 bits per heavy atom. The van der Waals surface area contributed by atoms with Gasteiger partial charge >= 0.3 is 11.9 Å². The van der Waals surface area contributed by atoms with Crippen LogP contribution in [-0.2, 0) is 14.3 Å². The molecule has 0 radical (unpaired) electrons. The van der Waals surface area contributed by atoms with Gasteiger partial charge in [0, 0.05) is 23.9 Å². The SMILES string of the molecule is COC(=O)c1cc(C(=O)OCC(=O)N(C2=CCCCC2)C2CC2)cc([N+](=O)[O-])c1. The molecule has 2 aliphatic rings. The van der Waals surface area contributed by atoms with Crippen LogP contribution in [0.15, 0.2) is 30.0 Å². The number of carbonyl (C=O) groups is 3. The Labute approximate surface area is 167 Å². The van der Waals surface area contributed by atoms with E-state index in [0.717, 1.165) is 69.5 Å². The molecule has 0 bridgehead atoms. The number of carbonyl (C=O) groups excluding carboxylic acids is 3. The van der Waals surface area contributed by atoms with Crippen LogP contribution in [0.25, 0.3) is 0 Å². The molecule has 0 saturated heterocycles. The molecule has 0 aliphatic heterocycles. The maximum Gasteiger partial charge on any atom is 0.338 e. The van der Waals surface area contributed by atoms with Gasteiger partial charge in [0.2, 0.25) is 0 Å². The number of nitro groups is 1. The van der Waals surface area contributed by atoms with Gasteiger partial charge in [-0.1, -0.05) is 6.08 Å². The highest BCUT2D eigenvalue weighted by molar-refractivity contribution is 5.97. The van der Waals surface area contributed by atoms with E-state index in [1.165, 1.54) is 0 Å². The lowest BCUT2D eigenvalue weighted by molar-refractivity contribution is -0.384. The third-order valence-electron chi connectivity index (χ3n) is 4.87. The zero-order valence-corrected chi connectivity index (χ0v) is 16.1. The molecular formula is C20H22N2O7. The number of rotatable bonds is 7. The second-order valence-electron chi connectivity index (χ2n) is 7.03. The minimum absolute atomic E-state index is 0.146. The molecular weight excluding hydrogens is 380 g/mol. The summed E-state index contributed by atoms with van der Waals surface area (Å²) >= 11 is 0. The number of methoxy groups -OCH3 is 1. The highest BCUT2D eigenvalue weighted by Gasteiger charge is 2.35. The van der Waals surface area contributed by atoms with Crippen LogP contribution < -0.4 is 0 Å². The maximum absolute atomic E-state index is 12.7. The third-order valence-corrected chi connectivity index (χ3v) is 4.87. The van der Waals surface area contributed by atoms with E-state index in [2.05, 4.69) is 10.8 Å². The monoisotopic (exact) mass is 402 g/mol. The number of esters is 2. The highest BCUT2D eigenvalue weighted by Crippen LogP contribution is 2.33. The molecule has 0 N–H and O–H groups in total. The number of hydrogen-bond donors (Lipinski definition) is 0. The Morgan fingerprint density at radius 3 is 2.38 bits per heavy atom. The molecule has 9 heteroatoms. The Bertz CT molecular complexity index is 874. The number of hydrogen-bond acceptors (Lipinski definition) is 7. The number of non-ortho nitro benzene ring substituents is 1. The molecule has 2 aliphatic carbocycles. The molecule has 1 saturated carbocycles. The first-order valence-electron chi connectivity index (χ1n) is 9.46. The van der Waals surface area contributed by atoms with E-state index in [0.29, 0.717) is 0 Å². The van der Waals surface area contributed by atoms with Crippen LogP contribution in [0.5, 0.6) is 0 Å². The van der Waals surface area contributed by atoms with Crippen molar-refractivity contribution < 1.29 is 28.8 Å². The number of nitrogens with zero attached hydrogens (tertiary/aromatic N) is 2. The molecule has 1 fully saturated rings. The van der Waals surface area contributed by atoms with Crippen molar-refractivity contribution in [2.45, 2.75) is 44.6 Å². The largest absolute Gasteiger partial charge is 0.465 e. The van der Waals surface area contributed by atoms with Crippen LogP contribution in [-0.4, -0.2) is 47.4 Å². The number of amides is 1. The second-order valence-corrected chi connectivity index (χ2v) is 7.03. The molecule has 29 heavy (non-hydrogen) atoms. The number of allylic oxidation sites excluding steroid dienone is 2. The lowest BCUT2D eigenvalue weighted by Gasteiger charge is -2.27. The van der Waals surface area contributed by atoms with Gasteiger partial charge in [-0.15, -0.1) is 0 Å². The summed E-state index contributed by atoms with van der Waals surface area (Å²) < 4.78 is 9.67. The molecule has 9 nitrogen and oxygen atoms in total. The highest BCUT2D eigenvalue weighted by atomic mass is 16.6. The van der Waals surface area contributed by atoms with Crippen LogP contribution in [0.4, 0.5) is 5.69 Å². The molecule has 1 amide bonds. The van der Waals surface area contributed by atoms with E-state index >= 15 is 0 Å². The van der Waals surface area contributed by atoms with Crippen molar-refractivity contribution in [3.05, 3.63) is 51.2 Å². The van der Waals surface area contributed by atoms with E-state index in [4.69, 9.17) is 4.74 Å². The van der Waals surface area contributed by atoms with Gasteiger partial charge in [-0.25, -0.2) is 9.59 Å². The molecule has 0 aromatic heterocycles. The molecule has 3 rings (SSSR count). The van der Waals surface area contributed by atoms with Crippen LogP contribution in [0.3, 0.4) is 0 Å². The quantitative estimate of drug-likeness (QED) is 0.391. The van der Waals surface area contributed by atoms with Gasteiger partial charge in [0.1, 0.15) is 0 Å². The van der Waals surface area contributed by atoms with Crippen molar-refractivity contribution in [3.8, 4) is 0 Å². The van der Waals surface area contributed by atoms with Crippen molar-refractivity contribution in [1.82, 2.24) is 4.90 Å². The summed E-state index contributed by atoms with van der Waals surface area (Å²) in [6, 6.07) is 3.31. The number of benzene rings is 1. The van der Waals surface area contributed by atoms with E-state index in [1.807, 2.05) is 0 Å². The van der Waals surface area contributed by atoms with Gasteiger partial charge in [-0.3, -0.25) is 14.9 Å². The van der Waals surface area contributed by atoms with Crippen molar-refractivity contribution in [2.24, 2.45) is 0 Å². The lowest BCUT2D eigenvalue weighted by Crippen LogP contribution is -2.36. The fraction of sp³-hybridized carbons (Fsp3) is 0.450. The summed E-state index contributed by atoms with van der Waals surface area (Å²) in [4.78, 5) is 48.9. The molecule has 0 atom stereocenters. The van der Waals surface area contributed by atoms with Gasteiger partial charge in [0.25, 0.3) is 11.6 Å². The maximum atomic E-state index is 12.7. The average Bonchev–Trinajstić information content (AvgIpc) is 3.57. The van der Waals surface area contributed by atoms with Crippen molar-refractivity contribution in [1.29, 1.82) is 0 Å². The Morgan fingerprint density at radius 1 is 1.14 bits per heavy atom. The first-order valence-corrected chi connectivity index (χ1v) is 9.46. The van der Waals surface area contributed by atoms with Gasteiger partial charge < -0.3 is 14.4 Å². The fourth-order valence-electron chi connectivity index (χ4n) is 3.32. The van der Waals surface area contributed by atoms with Gasteiger partial charge in [0.05, 0.1) is 23.2 Å². The fourth-order valence-corrected chi connectivity index (χ4v) is 3.32. The zero-order valence-electron chi connectivity index (χ0n) is 16.1. The Kier molecular flexibility index (Phi) is 6.26. The summed E-state index contributed by atoms with van der Waals surface area (Å²) in [6.45, 7) is -0.469. The van der Waals surface area contributed by atoms with Gasteiger partial charge in [0.15, 0.2) is 6.61 Å². The minimum atomic E-state index is -0.916. The van der Waals surface area contributed by atoms with Crippen molar-refractivity contribution in [3.63, 3.8) is 0 Å². The molecule has 0 spiro atoms. The summed E-state index contributed by atoms with van der Waals surface area (Å²) in [6.07, 6.45) is 7.77. The van der Waals surface area contributed by atoms with E-state index < -0.39 is 29.2 Å². The first kappa shape index (κ1) is 20.5. The standard InChI is InChI=1S/C20H22N2O7/c1-28-19(24)13-9-14(11-17(10-13)22(26)27)20(25)29-12-18(23)21(16-7-8-16)15-5-3-2-4-6-15/h5,9-11,16H,2-4,6-8,12H2,1H3. The number of nitro benzene ring substituents is 1. The van der Waals surface area contributed by atoms with Crippen molar-refractivity contribution >= 4 is 23.5 Å². The number of ether oxygens (including phenoxy) is 2. The van der Waals surface area contributed by atoms with Gasteiger partial charge in [-0.2, -0.15) is 0 Å². The Hall–Kier alpha value is -3.23. The Balaban J connectivity index is 1.71. The van der Waals surface area contributed by atoms with Crippen LogP contribution >= 0.6 is 0 Å². The van der Waals surface area contributed by atoms with Crippen LogP contribution in [0.2, 0.25) is 0 Å². The van der Waals surface area contributed by atoms with E-state index in [1.54, 1.807) is 4.90 Å². The molecule has 1 aromatic carbocycles. The predicted octanol–water partition coefficient (Wildman–Crippen LogP) is 2.99. The molecule has 0 heterocycles. The predicted molar refractivity (Wildman–Crippen MR) is 101 cm³/mol. The zero-order chi connectivity index (χ0) is 21.0. The summed E-state index contributed by atoms with van der Waals surface area (Å²) in [5, 5.41) is 11.1. The summed E-state index contributed by atoms with van der Waals surface area (Å²) in [7, 11) is 1.13. The summed E-state index contributed by atoms with van der Waals surface area (Å²) in [5.74, 6) is -2.05. The first-order chi connectivity index (χ1) is 13.9. The van der Waals surface area contributed by atoms with E-state index in [-0.39, 0.29) is 23.1 Å². The molecule has 0 unspecified atom stereocenters. The van der Waals surface area contributed by atoms with Crippen LogP contribution in [0, 0.1) is 10.1 Å². The van der Waals surface area contributed by atoms with E-state index in [9.17, 15) is 24.5 Å². The smallest absolute Gasteiger partial charge is 0.338 e. The van der Waals surface area contributed by atoms with Crippen LogP contribution in [0.1, 0.15) is 59.2 Å². The lowest BCUT2D eigenvalue weighted by atomic mass is 10.0. The molecule has 1 aromatic rings. The molecule has 154 valence electrons. The third kappa shape index (κ3) is 4.98. The normalized spacial score (nSPS) is 15.8. The van der Waals surface area contributed by atoms with Gasteiger partial charge in [-0.05, 0) is 44.6 Å².